The number of hydrogen-bond acceptors (Lipinski definition) is 5. The highest BCUT2D eigenvalue weighted by atomic mass is 19.4. The van der Waals surface area contributed by atoms with Gasteiger partial charge in [-0.05, 0) is 42.8 Å². The van der Waals surface area contributed by atoms with E-state index in [1.807, 2.05) is 0 Å². The molecule has 0 radical (unpaired) electrons. The maximum absolute atomic E-state index is 12.1. The number of carbonyl (C=O) groups is 2. The Labute approximate surface area is 152 Å². The fraction of sp³-hybridized carbons (Fsp3) is 0.222. The number of nitrogens with one attached hydrogen (secondary N) is 1. The highest BCUT2D eigenvalue weighted by molar-refractivity contribution is 5.89. The first-order chi connectivity index (χ1) is 12.7. The van der Waals surface area contributed by atoms with Crippen LogP contribution >= 0.6 is 0 Å². The summed E-state index contributed by atoms with van der Waals surface area (Å²) in [5.74, 6) is -1.09. The van der Waals surface area contributed by atoms with E-state index in [2.05, 4.69) is 10.1 Å². The molecular formula is C18H16F3NO5. The summed E-state index contributed by atoms with van der Waals surface area (Å²) in [6, 6.07) is 7.91. The molecule has 0 aliphatic heterocycles. The normalized spacial score (nSPS) is 12.6. The maximum Gasteiger partial charge on any atom is 0.573 e. The molecule has 1 N–H and O–H groups in total. The number of ether oxygens (including phenoxy) is 2. The van der Waals surface area contributed by atoms with Crippen molar-refractivity contribution in [2.75, 3.05) is 6.61 Å². The van der Waals surface area contributed by atoms with Crippen LogP contribution in [0.25, 0.3) is 6.08 Å². The van der Waals surface area contributed by atoms with E-state index in [0.717, 1.165) is 18.2 Å². The molecule has 1 heterocycles. The topological polar surface area (TPSA) is 77.8 Å². The predicted octanol–water partition coefficient (Wildman–Crippen LogP) is 3.61. The molecule has 9 heteroatoms. The third kappa shape index (κ3) is 7.27. The van der Waals surface area contributed by atoms with Crippen LogP contribution in [0.2, 0.25) is 0 Å². The van der Waals surface area contributed by atoms with Crippen molar-refractivity contribution in [3.63, 3.8) is 0 Å². The Balaban J connectivity index is 1.77. The van der Waals surface area contributed by atoms with Gasteiger partial charge in [0, 0.05) is 6.08 Å². The van der Waals surface area contributed by atoms with Gasteiger partial charge in [0.2, 0.25) is 0 Å². The summed E-state index contributed by atoms with van der Waals surface area (Å²) in [5, 5.41) is 2.60. The number of rotatable bonds is 7. The Kier molecular flexibility index (Phi) is 6.64. The molecule has 0 unspecified atom stereocenters. The minimum atomic E-state index is -4.77. The lowest BCUT2D eigenvalue weighted by Crippen LogP contribution is -2.30. The van der Waals surface area contributed by atoms with Crippen molar-refractivity contribution in [3.05, 3.63) is 60.1 Å². The number of esters is 1. The Hall–Kier alpha value is -3.23. The summed E-state index contributed by atoms with van der Waals surface area (Å²) in [6.07, 6.45) is -0.896. The number of alkyl halides is 3. The summed E-state index contributed by atoms with van der Waals surface area (Å²) >= 11 is 0. The molecule has 0 saturated carbocycles. The van der Waals surface area contributed by atoms with Gasteiger partial charge in [-0.25, -0.2) is 4.79 Å². The van der Waals surface area contributed by atoms with Gasteiger partial charge in [-0.15, -0.1) is 13.2 Å². The SMILES string of the molecule is C[C@H](NC(=O)COC(=O)/C=C/c1ccc(OC(F)(F)F)cc1)c1ccco1. The molecular weight excluding hydrogens is 367 g/mol. The minimum Gasteiger partial charge on any atom is -0.467 e. The van der Waals surface area contributed by atoms with E-state index in [9.17, 15) is 22.8 Å². The van der Waals surface area contributed by atoms with Crippen molar-refractivity contribution in [1.82, 2.24) is 5.32 Å². The summed E-state index contributed by atoms with van der Waals surface area (Å²) in [6.45, 7) is 1.23. The zero-order chi connectivity index (χ0) is 19.9. The Morgan fingerprint density at radius 1 is 1.22 bits per heavy atom. The van der Waals surface area contributed by atoms with Gasteiger partial charge >= 0.3 is 12.3 Å². The van der Waals surface area contributed by atoms with Crippen LogP contribution in [0.3, 0.4) is 0 Å². The summed E-state index contributed by atoms with van der Waals surface area (Å²) in [4.78, 5) is 23.3. The quantitative estimate of drug-likeness (QED) is 0.584. The van der Waals surface area contributed by atoms with Crippen molar-refractivity contribution in [1.29, 1.82) is 0 Å². The number of furan rings is 1. The van der Waals surface area contributed by atoms with Crippen molar-refractivity contribution in [3.8, 4) is 5.75 Å². The first-order valence-electron chi connectivity index (χ1n) is 7.76. The molecule has 2 rings (SSSR count). The van der Waals surface area contributed by atoms with Crippen molar-refractivity contribution < 1.29 is 36.7 Å². The van der Waals surface area contributed by atoms with Gasteiger partial charge in [-0.3, -0.25) is 4.79 Å². The van der Waals surface area contributed by atoms with Crippen molar-refractivity contribution >= 4 is 18.0 Å². The molecule has 1 amide bonds. The molecule has 1 aromatic carbocycles. The smallest absolute Gasteiger partial charge is 0.467 e. The molecule has 144 valence electrons. The van der Waals surface area contributed by atoms with Gasteiger partial charge in [-0.2, -0.15) is 0 Å². The average Bonchev–Trinajstić information content (AvgIpc) is 3.13. The van der Waals surface area contributed by atoms with Crippen molar-refractivity contribution in [2.24, 2.45) is 0 Å². The molecule has 1 aromatic heterocycles. The maximum atomic E-state index is 12.1. The Morgan fingerprint density at radius 3 is 2.52 bits per heavy atom. The number of carbonyl (C=O) groups excluding carboxylic acids is 2. The number of hydrogen-bond donors (Lipinski definition) is 1. The molecule has 6 nitrogen and oxygen atoms in total. The zero-order valence-electron chi connectivity index (χ0n) is 14.2. The lowest BCUT2D eigenvalue weighted by Gasteiger charge is -2.11. The zero-order valence-corrected chi connectivity index (χ0v) is 14.2. The van der Waals surface area contributed by atoms with Gasteiger partial charge in [0.25, 0.3) is 5.91 Å². The van der Waals surface area contributed by atoms with Crippen LogP contribution in [0, 0.1) is 0 Å². The third-order valence-corrected chi connectivity index (χ3v) is 3.22. The molecule has 27 heavy (non-hydrogen) atoms. The van der Waals surface area contributed by atoms with Gasteiger partial charge in [0.05, 0.1) is 12.3 Å². The molecule has 2 aromatic rings. The van der Waals surface area contributed by atoms with E-state index in [-0.39, 0.29) is 11.8 Å². The second kappa shape index (κ2) is 8.93. The molecule has 0 bridgehead atoms. The van der Waals surface area contributed by atoms with E-state index in [4.69, 9.17) is 9.15 Å². The second-order valence-corrected chi connectivity index (χ2v) is 5.36. The van der Waals surface area contributed by atoms with Crippen molar-refractivity contribution in [2.45, 2.75) is 19.3 Å². The van der Waals surface area contributed by atoms with Crippen LogP contribution < -0.4 is 10.1 Å². The first-order valence-corrected chi connectivity index (χ1v) is 7.76. The lowest BCUT2D eigenvalue weighted by atomic mass is 10.2. The van der Waals surface area contributed by atoms with Crippen LogP contribution in [0.4, 0.5) is 13.2 Å². The van der Waals surface area contributed by atoms with Crippen LogP contribution in [0.5, 0.6) is 5.75 Å². The van der Waals surface area contributed by atoms with E-state index in [1.165, 1.54) is 24.5 Å². The Morgan fingerprint density at radius 2 is 1.93 bits per heavy atom. The predicted molar refractivity (Wildman–Crippen MR) is 88.4 cm³/mol. The summed E-state index contributed by atoms with van der Waals surface area (Å²) < 4.78 is 49.9. The van der Waals surface area contributed by atoms with Crippen LogP contribution in [-0.2, 0) is 14.3 Å². The van der Waals surface area contributed by atoms with Crippen LogP contribution in [0.15, 0.2) is 53.2 Å². The molecule has 0 aliphatic carbocycles. The fourth-order valence-electron chi connectivity index (χ4n) is 2.02. The number of amides is 1. The van der Waals surface area contributed by atoms with Gasteiger partial charge in [0.15, 0.2) is 6.61 Å². The van der Waals surface area contributed by atoms with Gasteiger partial charge in [-0.1, -0.05) is 12.1 Å². The van der Waals surface area contributed by atoms with Crippen LogP contribution in [0.1, 0.15) is 24.3 Å². The molecule has 1 atom stereocenters. The largest absolute Gasteiger partial charge is 0.573 e. The van der Waals surface area contributed by atoms with E-state index in [1.54, 1.807) is 19.1 Å². The molecule has 0 aliphatic rings. The second-order valence-electron chi connectivity index (χ2n) is 5.36. The summed E-state index contributed by atoms with van der Waals surface area (Å²) in [5.41, 5.74) is 0.456. The standard InChI is InChI=1S/C18H16F3NO5/c1-12(15-3-2-10-25-15)22-16(23)11-26-17(24)9-6-13-4-7-14(8-5-13)27-18(19,20)21/h2-10,12H,11H2,1H3,(H,22,23)/b9-6+/t12-/m0/s1. The monoisotopic (exact) mass is 383 g/mol. The average molecular weight is 383 g/mol. The van der Waals surface area contributed by atoms with Crippen LogP contribution in [-0.4, -0.2) is 24.8 Å². The minimum absolute atomic E-state index is 0.371. The fourth-order valence-corrected chi connectivity index (χ4v) is 2.02. The highest BCUT2D eigenvalue weighted by Gasteiger charge is 2.30. The van der Waals surface area contributed by atoms with E-state index in [0.29, 0.717) is 11.3 Å². The first kappa shape index (κ1) is 20.1. The lowest BCUT2D eigenvalue weighted by molar-refractivity contribution is -0.274. The van der Waals surface area contributed by atoms with E-state index >= 15 is 0 Å². The number of benzene rings is 1. The number of halogens is 3. The van der Waals surface area contributed by atoms with E-state index < -0.39 is 24.8 Å². The highest BCUT2D eigenvalue weighted by Crippen LogP contribution is 2.23. The molecule has 0 saturated heterocycles. The summed E-state index contributed by atoms with van der Waals surface area (Å²) in [7, 11) is 0. The Bertz CT molecular complexity index is 782. The van der Waals surface area contributed by atoms with Gasteiger partial charge < -0.3 is 19.2 Å². The molecule has 0 fully saturated rings. The third-order valence-electron chi connectivity index (χ3n) is 3.22. The molecule has 0 spiro atoms. The van der Waals surface area contributed by atoms with Gasteiger partial charge in [0.1, 0.15) is 11.5 Å².